The molecule has 116 valence electrons. The summed E-state index contributed by atoms with van der Waals surface area (Å²) in [5.74, 6) is 0.00677. The number of nitrogens with zero attached hydrogens (tertiary/aromatic N) is 2. The molecule has 0 unspecified atom stereocenters. The lowest BCUT2D eigenvalue weighted by atomic mass is 9.89. The van der Waals surface area contributed by atoms with E-state index in [2.05, 4.69) is 9.97 Å². The minimum Gasteiger partial charge on any atom is -0.872 e. The number of fused-ring (bicyclic) bond motifs is 4. The number of hydrogen-bond donors (Lipinski definition) is 0. The summed E-state index contributed by atoms with van der Waals surface area (Å²) in [7, 11) is 0. The molecule has 0 saturated heterocycles. The summed E-state index contributed by atoms with van der Waals surface area (Å²) in [5, 5.41) is 26.8. The maximum Gasteiger partial charge on any atom is 0.0699 e. The maximum atomic E-state index is 12.8. The molecule has 2 aromatic heterocycles. The Balaban J connectivity index is 1.78. The van der Waals surface area contributed by atoms with E-state index in [9.17, 15) is 10.2 Å². The number of pyridine rings is 2. The van der Waals surface area contributed by atoms with Crippen LogP contribution in [0.5, 0.6) is 11.5 Å². The Morgan fingerprint density at radius 1 is 0.625 bits per heavy atom. The molecule has 24 heavy (non-hydrogen) atoms. The van der Waals surface area contributed by atoms with Crippen molar-refractivity contribution in [3.8, 4) is 11.5 Å². The predicted molar refractivity (Wildman–Crippen MR) is 88.0 cm³/mol. The van der Waals surface area contributed by atoms with Gasteiger partial charge in [-0.3, -0.25) is 9.97 Å². The average Bonchev–Trinajstić information content (AvgIpc) is 2.62. The highest BCUT2D eigenvalue weighted by atomic mass is 16.3. The average molecular weight is 312 g/mol. The number of aromatic nitrogens is 2. The Morgan fingerprint density at radius 2 is 1.04 bits per heavy atom. The summed E-state index contributed by atoms with van der Waals surface area (Å²) in [5.41, 5.74) is 4.13. The van der Waals surface area contributed by atoms with Crippen LogP contribution in [-0.4, -0.2) is 9.97 Å². The Kier molecular flexibility index (Phi) is 2.59. The van der Waals surface area contributed by atoms with Gasteiger partial charge in [-0.15, -0.1) is 0 Å². The summed E-state index contributed by atoms with van der Waals surface area (Å²) in [4.78, 5) is 9.26. The molecule has 0 radical (unpaired) electrons. The van der Waals surface area contributed by atoms with Crippen molar-refractivity contribution in [1.82, 2.24) is 9.97 Å². The maximum absolute atomic E-state index is 12.8. The molecule has 0 bridgehead atoms. The van der Waals surface area contributed by atoms with Crippen LogP contribution >= 0.6 is 0 Å². The van der Waals surface area contributed by atoms with Gasteiger partial charge < -0.3 is 10.2 Å². The van der Waals surface area contributed by atoms with E-state index >= 15 is 0 Å². The smallest absolute Gasteiger partial charge is 0.0699 e. The minimum absolute atomic E-state index is 0.00339. The third-order valence-corrected chi connectivity index (χ3v) is 4.74. The zero-order valence-electron chi connectivity index (χ0n) is 12.7. The number of para-hydroxylation sites is 2. The van der Waals surface area contributed by atoms with E-state index < -0.39 is 0 Å². The highest BCUT2D eigenvalue weighted by Crippen LogP contribution is 2.38. The van der Waals surface area contributed by atoms with Crippen LogP contribution in [-0.2, 0) is 12.8 Å². The van der Waals surface area contributed by atoms with Crippen LogP contribution in [0.25, 0.3) is 21.8 Å². The van der Waals surface area contributed by atoms with Crippen LogP contribution in [0.4, 0.5) is 0 Å². The van der Waals surface area contributed by atoms with Crippen molar-refractivity contribution in [2.24, 2.45) is 0 Å². The van der Waals surface area contributed by atoms with E-state index in [4.69, 9.17) is 0 Å². The van der Waals surface area contributed by atoms with Gasteiger partial charge in [-0.05, 0) is 34.0 Å². The SMILES string of the molecule is [O-]c1c2c(nc3ccccc13)Cc1c(nc3ccccc3c1[O-])C2. The Morgan fingerprint density at radius 3 is 1.50 bits per heavy atom. The molecule has 0 spiro atoms. The standard InChI is InChI=1S/C20H14N2O2/c23-19-11-5-1-3-7-15(11)21-17-10-14-18(9-13(17)19)22-16-8-4-2-6-12(16)20(14)24/h1-8H,9-10H2,(H,21,23)(H,22,24)/p-2. The van der Waals surface area contributed by atoms with E-state index in [0.29, 0.717) is 57.2 Å². The fraction of sp³-hybridized carbons (Fsp3) is 0.100. The first-order valence-electron chi connectivity index (χ1n) is 7.87. The second kappa shape index (κ2) is 4.68. The molecule has 1 aliphatic rings. The minimum atomic E-state index is 0.00339. The van der Waals surface area contributed by atoms with Gasteiger partial charge in [-0.25, -0.2) is 0 Å². The molecule has 0 amide bonds. The fourth-order valence-electron chi connectivity index (χ4n) is 3.53. The Labute approximate surface area is 138 Å². The first-order valence-corrected chi connectivity index (χ1v) is 7.87. The van der Waals surface area contributed by atoms with Crippen molar-refractivity contribution < 1.29 is 10.2 Å². The second-order valence-electron chi connectivity index (χ2n) is 6.12. The molecule has 1 aliphatic carbocycles. The lowest BCUT2D eigenvalue weighted by Gasteiger charge is -2.28. The summed E-state index contributed by atoms with van der Waals surface area (Å²) >= 11 is 0. The predicted octanol–water partition coefficient (Wildman–Crippen LogP) is 2.43. The normalized spacial score (nSPS) is 13.0. The van der Waals surface area contributed by atoms with E-state index in [1.807, 2.05) is 36.4 Å². The molecule has 0 fully saturated rings. The fourth-order valence-corrected chi connectivity index (χ4v) is 3.53. The summed E-state index contributed by atoms with van der Waals surface area (Å²) in [6.07, 6.45) is 0.753. The first kappa shape index (κ1) is 13.3. The third-order valence-electron chi connectivity index (χ3n) is 4.74. The highest BCUT2D eigenvalue weighted by Gasteiger charge is 2.21. The topological polar surface area (TPSA) is 71.9 Å². The highest BCUT2D eigenvalue weighted by molar-refractivity contribution is 5.88. The molecule has 4 heteroatoms. The number of rotatable bonds is 0. The largest absolute Gasteiger partial charge is 0.872 e. The van der Waals surface area contributed by atoms with Gasteiger partial charge >= 0.3 is 0 Å². The summed E-state index contributed by atoms with van der Waals surface area (Å²) in [6, 6.07) is 14.7. The molecule has 2 heterocycles. The van der Waals surface area contributed by atoms with Crippen LogP contribution in [0.1, 0.15) is 22.5 Å². The lowest BCUT2D eigenvalue weighted by molar-refractivity contribution is -0.268. The van der Waals surface area contributed by atoms with Gasteiger partial charge in [0.25, 0.3) is 0 Å². The van der Waals surface area contributed by atoms with Crippen LogP contribution in [0.3, 0.4) is 0 Å². The molecule has 0 N–H and O–H groups in total. The molecule has 0 saturated carbocycles. The molecule has 0 aliphatic heterocycles. The van der Waals surface area contributed by atoms with Gasteiger partial charge in [0.2, 0.25) is 0 Å². The van der Waals surface area contributed by atoms with Gasteiger partial charge in [-0.1, -0.05) is 47.9 Å². The van der Waals surface area contributed by atoms with Crippen LogP contribution < -0.4 is 10.2 Å². The van der Waals surface area contributed by atoms with Crippen molar-refractivity contribution in [1.29, 1.82) is 0 Å². The van der Waals surface area contributed by atoms with Crippen molar-refractivity contribution in [3.63, 3.8) is 0 Å². The molecule has 5 rings (SSSR count). The third kappa shape index (κ3) is 1.74. The quantitative estimate of drug-likeness (QED) is 0.440. The summed E-state index contributed by atoms with van der Waals surface area (Å²) in [6.45, 7) is 0. The lowest BCUT2D eigenvalue weighted by Crippen LogP contribution is -2.16. The zero-order valence-corrected chi connectivity index (χ0v) is 12.7. The first-order chi connectivity index (χ1) is 11.7. The Bertz CT molecular complexity index is 1040. The van der Waals surface area contributed by atoms with Gasteiger partial charge in [0.1, 0.15) is 0 Å². The van der Waals surface area contributed by atoms with E-state index in [1.54, 1.807) is 12.1 Å². The molecular weight excluding hydrogens is 300 g/mol. The van der Waals surface area contributed by atoms with Gasteiger partial charge in [-0.2, -0.15) is 0 Å². The second-order valence-corrected chi connectivity index (χ2v) is 6.12. The van der Waals surface area contributed by atoms with E-state index in [1.165, 1.54) is 0 Å². The van der Waals surface area contributed by atoms with E-state index in [0.717, 1.165) is 0 Å². The van der Waals surface area contributed by atoms with Crippen LogP contribution in [0, 0.1) is 0 Å². The van der Waals surface area contributed by atoms with Crippen LogP contribution in [0.2, 0.25) is 0 Å². The van der Waals surface area contributed by atoms with Gasteiger partial charge in [0, 0.05) is 24.2 Å². The summed E-state index contributed by atoms with van der Waals surface area (Å²) < 4.78 is 0. The van der Waals surface area contributed by atoms with Gasteiger partial charge in [0.15, 0.2) is 0 Å². The zero-order chi connectivity index (χ0) is 16.3. The van der Waals surface area contributed by atoms with E-state index in [-0.39, 0.29) is 11.5 Å². The van der Waals surface area contributed by atoms with Crippen molar-refractivity contribution in [3.05, 3.63) is 71.0 Å². The molecule has 2 aromatic carbocycles. The van der Waals surface area contributed by atoms with Crippen LogP contribution in [0.15, 0.2) is 48.5 Å². The Hall–Kier alpha value is -3.14. The van der Waals surface area contributed by atoms with Crippen molar-refractivity contribution in [2.45, 2.75) is 12.8 Å². The molecule has 4 nitrogen and oxygen atoms in total. The van der Waals surface area contributed by atoms with Crippen molar-refractivity contribution >= 4 is 21.8 Å². The van der Waals surface area contributed by atoms with Crippen molar-refractivity contribution in [2.75, 3.05) is 0 Å². The number of hydrogen-bond acceptors (Lipinski definition) is 4. The molecule has 0 atom stereocenters. The molecule has 4 aromatic rings. The van der Waals surface area contributed by atoms with Gasteiger partial charge in [0.05, 0.1) is 11.0 Å². The monoisotopic (exact) mass is 312 g/mol. The molecular formula is C20H12N2O2-2. The number of benzene rings is 2.